The average molecular weight is 392 g/mol. The number of anilines is 1. The second-order valence-corrected chi connectivity index (χ2v) is 6.15. The second-order valence-electron chi connectivity index (χ2n) is 5.75. The number of carbonyl (C=O) groups is 2. The molecule has 2 aromatic carbocycles. The molecule has 1 N–H and O–H groups in total. The van der Waals surface area contributed by atoms with Gasteiger partial charge in [0.2, 0.25) is 0 Å². The van der Waals surface area contributed by atoms with Crippen LogP contribution in [0.2, 0.25) is 5.02 Å². The molecule has 8 heteroatoms. The van der Waals surface area contributed by atoms with E-state index in [9.17, 15) is 9.59 Å². The lowest BCUT2D eigenvalue weighted by molar-refractivity contribution is -0.123. The molecule has 1 aliphatic rings. The van der Waals surface area contributed by atoms with E-state index in [1.165, 1.54) is 19.1 Å². The van der Waals surface area contributed by atoms with Gasteiger partial charge in [-0.25, -0.2) is 4.79 Å². The third-order valence-corrected chi connectivity index (χ3v) is 4.12. The topological polar surface area (TPSA) is 83.1 Å². The molecule has 1 amide bonds. The highest BCUT2D eigenvalue weighted by Crippen LogP contribution is 2.38. The van der Waals surface area contributed by atoms with E-state index in [0.717, 1.165) is 0 Å². The third kappa shape index (κ3) is 4.43. The molecule has 1 heterocycles. The van der Waals surface area contributed by atoms with E-state index >= 15 is 0 Å². The third-order valence-electron chi connectivity index (χ3n) is 3.84. The van der Waals surface area contributed by atoms with Crippen molar-refractivity contribution in [2.24, 2.45) is 0 Å². The molecule has 142 valence electrons. The van der Waals surface area contributed by atoms with Crippen molar-refractivity contribution in [1.29, 1.82) is 0 Å². The molecule has 0 saturated heterocycles. The normalized spacial score (nSPS) is 13.4. The van der Waals surface area contributed by atoms with E-state index < -0.39 is 18.0 Å². The summed E-state index contributed by atoms with van der Waals surface area (Å²) in [6, 6.07) is 9.70. The van der Waals surface area contributed by atoms with Gasteiger partial charge in [0.05, 0.1) is 17.7 Å². The van der Waals surface area contributed by atoms with Crippen LogP contribution in [0, 0.1) is 0 Å². The van der Waals surface area contributed by atoms with Crippen LogP contribution in [0.15, 0.2) is 36.4 Å². The lowest BCUT2D eigenvalue weighted by Crippen LogP contribution is -2.30. The van der Waals surface area contributed by atoms with Gasteiger partial charge in [-0.1, -0.05) is 11.6 Å². The van der Waals surface area contributed by atoms with Crippen LogP contribution in [0.5, 0.6) is 17.2 Å². The largest absolute Gasteiger partial charge is 0.497 e. The average Bonchev–Trinajstić information content (AvgIpc) is 2.68. The molecule has 0 radical (unpaired) electrons. The van der Waals surface area contributed by atoms with Gasteiger partial charge in [-0.05, 0) is 43.3 Å². The van der Waals surface area contributed by atoms with Gasteiger partial charge >= 0.3 is 5.97 Å². The highest BCUT2D eigenvalue weighted by atomic mass is 35.5. The molecule has 0 aliphatic carbocycles. The first-order valence-corrected chi connectivity index (χ1v) is 8.61. The highest BCUT2D eigenvalue weighted by Gasteiger charge is 2.23. The van der Waals surface area contributed by atoms with Crippen LogP contribution in [0.25, 0.3) is 0 Å². The number of hydrogen-bond acceptors (Lipinski definition) is 6. The zero-order valence-corrected chi connectivity index (χ0v) is 15.5. The minimum absolute atomic E-state index is 0.174. The first-order chi connectivity index (χ1) is 13.0. The van der Waals surface area contributed by atoms with Gasteiger partial charge in [-0.15, -0.1) is 0 Å². The SMILES string of the molecule is COc1ccc(NC(=O)[C@@H](C)OC(=O)c2cc(Cl)c3c(c2)OCCO3)cc1. The van der Waals surface area contributed by atoms with Gasteiger partial charge < -0.3 is 24.3 Å². The minimum atomic E-state index is -1.01. The fourth-order valence-electron chi connectivity index (χ4n) is 2.43. The van der Waals surface area contributed by atoms with Crippen molar-refractivity contribution in [2.45, 2.75) is 13.0 Å². The van der Waals surface area contributed by atoms with Crippen molar-refractivity contribution in [3.05, 3.63) is 47.0 Å². The molecule has 7 nitrogen and oxygen atoms in total. The fraction of sp³-hybridized carbons (Fsp3) is 0.263. The molecule has 0 aromatic heterocycles. The van der Waals surface area contributed by atoms with E-state index in [1.54, 1.807) is 31.4 Å². The van der Waals surface area contributed by atoms with Crippen LogP contribution in [-0.4, -0.2) is 38.3 Å². The number of hydrogen-bond donors (Lipinski definition) is 1. The Morgan fingerprint density at radius 2 is 1.85 bits per heavy atom. The van der Waals surface area contributed by atoms with Gasteiger partial charge in [-0.3, -0.25) is 4.79 Å². The number of nitrogens with one attached hydrogen (secondary N) is 1. The van der Waals surface area contributed by atoms with Crippen LogP contribution in [0.4, 0.5) is 5.69 Å². The molecular formula is C19H18ClNO6. The summed E-state index contributed by atoms with van der Waals surface area (Å²) in [5, 5.41) is 2.91. The number of esters is 1. The van der Waals surface area contributed by atoms with Crippen molar-refractivity contribution in [3.63, 3.8) is 0 Å². The molecule has 0 fully saturated rings. The summed E-state index contributed by atoms with van der Waals surface area (Å²) in [6.45, 7) is 2.23. The minimum Gasteiger partial charge on any atom is -0.497 e. The number of carbonyl (C=O) groups excluding carboxylic acids is 2. The molecule has 0 spiro atoms. The Labute approximate surface area is 161 Å². The maximum Gasteiger partial charge on any atom is 0.339 e. The van der Waals surface area contributed by atoms with Gasteiger partial charge in [0.25, 0.3) is 5.91 Å². The van der Waals surface area contributed by atoms with Gasteiger partial charge in [0, 0.05) is 5.69 Å². The number of amides is 1. The quantitative estimate of drug-likeness (QED) is 0.787. The van der Waals surface area contributed by atoms with Crippen molar-refractivity contribution in [2.75, 3.05) is 25.6 Å². The predicted octanol–water partition coefficient (Wildman–Crippen LogP) is 3.30. The molecule has 27 heavy (non-hydrogen) atoms. The number of fused-ring (bicyclic) bond motifs is 1. The van der Waals surface area contributed by atoms with Crippen LogP contribution < -0.4 is 19.5 Å². The molecule has 1 aliphatic heterocycles. The highest BCUT2D eigenvalue weighted by molar-refractivity contribution is 6.32. The summed E-state index contributed by atoms with van der Waals surface area (Å²) in [5.41, 5.74) is 0.736. The summed E-state index contributed by atoms with van der Waals surface area (Å²) < 4.78 is 21.1. The zero-order chi connectivity index (χ0) is 19.4. The lowest BCUT2D eigenvalue weighted by Gasteiger charge is -2.20. The van der Waals surface area contributed by atoms with Crippen LogP contribution in [0.1, 0.15) is 17.3 Å². The number of benzene rings is 2. The number of rotatable bonds is 5. The summed E-state index contributed by atoms with van der Waals surface area (Å²) in [7, 11) is 1.55. The van der Waals surface area contributed by atoms with Crippen molar-refractivity contribution in [1.82, 2.24) is 0 Å². The first kappa shape index (κ1) is 18.8. The van der Waals surface area contributed by atoms with Crippen molar-refractivity contribution < 1.29 is 28.5 Å². The Morgan fingerprint density at radius 1 is 1.15 bits per heavy atom. The van der Waals surface area contributed by atoms with E-state index in [-0.39, 0.29) is 10.6 Å². The molecular weight excluding hydrogens is 374 g/mol. The van der Waals surface area contributed by atoms with E-state index in [2.05, 4.69) is 5.32 Å². The smallest absolute Gasteiger partial charge is 0.339 e. The summed E-state index contributed by atoms with van der Waals surface area (Å²) in [6.07, 6.45) is -1.01. The fourth-order valence-corrected chi connectivity index (χ4v) is 2.69. The Kier molecular flexibility index (Phi) is 5.71. The Hall–Kier alpha value is -2.93. The maximum absolute atomic E-state index is 12.4. The predicted molar refractivity (Wildman–Crippen MR) is 98.9 cm³/mol. The Bertz CT molecular complexity index is 852. The van der Waals surface area contributed by atoms with E-state index in [0.29, 0.717) is 36.1 Å². The number of ether oxygens (including phenoxy) is 4. The van der Waals surface area contributed by atoms with Crippen LogP contribution >= 0.6 is 11.6 Å². The maximum atomic E-state index is 12.4. The molecule has 0 unspecified atom stereocenters. The first-order valence-electron chi connectivity index (χ1n) is 8.23. The Morgan fingerprint density at radius 3 is 2.56 bits per heavy atom. The summed E-state index contributed by atoms with van der Waals surface area (Å²) in [4.78, 5) is 24.6. The van der Waals surface area contributed by atoms with Crippen LogP contribution in [0.3, 0.4) is 0 Å². The van der Waals surface area contributed by atoms with Gasteiger partial charge in [0.15, 0.2) is 17.6 Å². The molecule has 0 saturated carbocycles. The molecule has 0 bridgehead atoms. The summed E-state index contributed by atoms with van der Waals surface area (Å²) in [5.74, 6) is 0.284. The standard InChI is InChI=1S/C19H18ClNO6/c1-11(18(22)21-13-3-5-14(24-2)6-4-13)27-19(23)12-9-15(20)17-16(10-12)25-7-8-26-17/h3-6,9-11H,7-8H2,1-2H3,(H,21,22)/t11-/m1/s1. The zero-order valence-electron chi connectivity index (χ0n) is 14.8. The number of methoxy groups -OCH3 is 1. The van der Waals surface area contributed by atoms with Gasteiger partial charge in [0.1, 0.15) is 19.0 Å². The monoisotopic (exact) mass is 391 g/mol. The molecule has 2 aromatic rings. The van der Waals surface area contributed by atoms with Crippen molar-refractivity contribution in [3.8, 4) is 17.2 Å². The number of halogens is 1. The van der Waals surface area contributed by atoms with E-state index in [4.69, 9.17) is 30.5 Å². The lowest BCUT2D eigenvalue weighted by atomic mass is 10.2. The molecule has 1 atom stereocenters. The van der Waals surface area contributed by atoms with Crippen LogP contribution in [-0.2, 0) is 9.53 Å². The summed E-state index contributed by atoms with van der Waals surface area (Å²) >= 11 is 6.12. The Balaban J connectivity index is 1.64. The molecule has 3 rings (SSSR count). The van der Waals surface area contributed by atoms with Gasteiger partial charge in [-0.2, -0.15) is 0 Å². The second kappa shape index (κ2) is 8.18. The van der Waals surface area contributed by atoms with Crippen molar-refractivity contribution >= 4 is 29.2 Å². The van der Waals surface area contributed by atoms with E-state index in [1.807, 2.05) is 0 Å².